The van der Waals surface area contributed by atoms with Gasteiger partial charge in [-0.25, -0.2) is 4.57 Å². The first-order valence-corrected chi connectivity index (χ1v) is 32.7. The molecule has 11 nitrogen and oxygen atoms in total. The van der Waals surface area contributed by atoms with Crippen LogP contribution >= 0.6 is 7.82 Å². The van der Waals surface area contributed by atoms with Crippen molar-refractivity contribution in [1.29, 1.82) is 0 Å². The van der Waals surface area contributed by atoms with Gasteiger partial charge in [-0.3, -0.25) is 23.4 Å². The molecule has 3 atom stereocenters. The predicted molar refractivity (Wildman–Crippen MR) is 307 cm³/mol. The first kappa shape index (κ1) is 72.0. The van der Waals surface area contributed by atoms with E-state index in [1.807, 2.05) is 0 Å². The maximum Gasteiger partial charge on any atom is 0.472 e. The Morgan fingerprint density at radius 3 is 0.973 bits per heavy atom. The normalized spacial score (nSPS) is 13.4. The fraction of sp³-hybridized carbons (Fsp3) is 0.887. The molecule has 0 aromatic carbocycles. The van der Waals surface area contributed by atoms with Gasteiger partial charge >= 0.3 is 25.7 Å². The van der Waals surface area contributed by atoms with Crippen LogP contribution in [0.15, 0.2) is 24.3 Å². The molecule has 12 heteroatoms. The highest BCUT2D eigenvalue weighted by atomic mass is 31.2. The van der Waals surface area contributed by atoms with Crippen molar-refractivity contribution < 1.29 is 52.2 Å². The standard InChI is InChI=1S/C62H117O11P/c1-4-7-10-13-16-19-22-24-26-28-29-31-32-34-37-39-42-45-48-51-60(64)69-55-59(73-62(66)53-50-47-44-41-38-35-33-30-27-25-23-20-17-14-11-8-5-2)57-71-74(67,68)70-56-58(54-63)72-61(65)52-49-46-43-40-36-21-18-15-12-9-6-3/h15,18,24,26,58-59,63H,4-14,16-17,19-23,25,27-57H2,1-3H3,(H,67,68)/b18-15-,26-24-. The lowest BCUT2D eigenvalue weighted by Gasteiger charge is -2.21. The predicted octanol–water partition coefficient (Wildman–Crippen LogP) is 18.6. The Kier molecular flexibility index (Phi) is 55.6. The van der Waals surface area contributed by atoms with Gasteiger partial charge in [0.05, 0.1) is 19.8 Å². The van der Waals surface area contributed by atoms with Crippen LogP contribution < -0.4 is 0 Å². The lowest BCUT2D eigenvalue weighted by atomic mass is 10.0. The second kappa shape index (κ2) is 57.1. The Labute approximate surface area is 455 Å². The van der Waals surface area contributed by atoms with E-state index >= 15 is 0 Å². The van der Waals surface area contributed by atoms with Crippen molar-refractivity contribution in [2.45, 2.75) is 328 Å². The van der Waals surface area contributed by atoms with Gasteiger partial charge in [0.1, 0.15) is 12.7 Å². The maximum absolute atomic E-state index is 12.9. The van der Waals surface area contributed by atoms with Gasteiger partial charge in [-0.05, 0) is 64.2 Å². The van der Waals surface area contributed by atoms with Gasteiger partial charge in [0, 0.05) is 19.3 Å². The Balaban J connectivity index is 4.66. The van der Waals surface area contributed by atoms with E-state index in [0.717, 1.165) is 77.0 Å². The van der Waals surface area contributed by atoms with Crippen molar-refractivity contribution in [3.63, 3.8) is 0 Å². The van der Waals surface area contributed by atoms with Crippen molar-refractivity contribution in [2.24, 2.45) is 0 Å². The number of carbonyl (C=O) groups is 3. The van der Waals surface area contributed by atoms with Crippen molar-refractivity contribution in [3.8, 4) is 0 Å². The third-order valence-electron chi connectivity index (χ3n) is 13.8. The lowest BCUT2D eigenvalue weighted by molar-refractivity contribution is -0.161. The zero-order valence-electron chi connectivity index (χ0n) is 48.3. The van der Waals surface area contributed by atoms with Crippen molar-refractivity contribution in [2.75, 3.05) is 26.4 Å². The molecule has 0 aliphatic carbocycles. The summed E-state index contributed by atoms with van der Waals surface area (Å²) in [6, 6.07) is 0. The molecule has 0 saturated carbocycles. The first-order chi connectivity index (χ1) is 36.2. The maximum atomic E-state index is 12.9. The summed E-state index contributed by atoms with van der Waals surface area (Å²) in [6.07, 6.45) is 58.5. The average molecular weight is 1070 g/mol. The van der Waals surface area contributed by atoms with Gasteiger partial charge in [-0.15, -0.1) is 0 Å². The van der Waals surface area contributed by atoms with E-state index in [9.17, 15) is 28.9 Å². The van der Waals surface area contributed by atoms with E-state index in [-0.39, 0.29) is 25.9 Å². The number of phosphoric ester groups is 1. The minimum absolute atomic E-state index is 0.171. The van der Waals surface area contributed by atoms with Crippen LogP contribution in [0.4, 0.5) is 0 Å². The number of esters is 3. The number of aliphatic hydroxyl groups is 1. The third kappa shape index (κ3) is 54.7. The van der Waals surface area contributed by atoms with Gasteiger partial charge in [-0.1, -0.05) is 257 Å². The topological polar surface area (TPSA) is 155 Å². The van der Waals surface area contributed by atoms with E-state index in [1.165, 1.54) is 180 Å². The Morgan fingerprint density at radius 2 is 0.635 bits per heavy atom. The number of ether oxygens (including phenoxy) is 3. The summed E-state index contributed by atoms with van der Waals surface area (Å²) >= 11 is 0. The van der Waals surface area contributed by atoms with E-state index < -0.39 is 57.8 Å². The smallest absolute Gasteiger partial charge is 0.462 e. The molecule has 436 valence electrons. The molecular weight excluding hydrogens is 952 g/mol. The molecule has 0 rings (SSSR count). The highest BCUT2D eigenvalue weighted by Gasteiger charge is 2.28. The molecule has 0 bridgehead atoms. The number of hydrogen-bond acceptors (Lipinski definition) is 10. The van der Waals surface area contributed by atoms with Crippen LogP contribution in [-0.4, -0.2) is 66.5 Å². The monoisotopic (exact) mass is 1070 g/mol. The minimum atomic E-state index is -4.74. The van der Waals surface area contributed by atoms with Crippen LogP contribution in [0.2, 0.25) is 0 Å². The molecule has 0 aromatic heterocycles. The molecule has 3 unspecified atom stereocenters. The summed E-state index contributed by atoms with van der Waals surface area (Å²) in [6.45, 7) is 4.65. The number of unbranched alkanes of at least 4 members (excludes halogenated alkanes) is 38. The van der Waals surface area contributed by atoms with E-state index in [2.05, 4.69) is 45.1 Å². The number of allylic oxidation sites excluding steroid dienone is 4. The van der Waals surface area contributed by atoms with Crippen LogP contribution in [-0.2, 0) is 42.2 Å². The molecule has 0 heterocycles. The first-order valence-electron chi connectivity index (χ1n) is 31.2. The summed E-state index contributed by atoms with van der Waals surface area (Å²) in [4.78, 5) is 48.6. The van der Waals surface area contributed by atoms with Gasteiger partial charge in [-0.2, -0.15) is 0 Å². The van der Waals surface area contributed by atoms with Gasteiger partial charge in [0.25, 0.3) is 0 Å². The minimum Gasteiger partial charge on any atom is -0.462 e. The number of carbonyl (C=O) groups excluding carboxylic acids is 3. The molecule has 0 aliphatic rings. The van der Waals surface area contributed by atoms with E-state index in [1.54, 1.807) is 0 Å². The van der Waals surface area contributed by atoms with Crippen LogP contribution in [0, 0.1) is 0 Å². The molecular formula is C62H117O11P. The second-order valence-corrected chi connectivity index (χ2v) is 22.7. The van der Waals surface area contributed by atoms with Crippen LogP contribution in [0.3, 0.4) is 0 Å². The molecule has 0 aliphatic heterocycles. The molecule has 0 fully saturated rings. The molecule has 2 N–H and O–H groups in total. The second-order valence-electron chi connectivity index (χ2n) is 21.2. The Morgan fingerprint density at radius 1 is 0.365 bits per heavy atom. The van der Waals surface area contributed by atoms with Crippen LogP contribution in [0.1, 0.15) is 316 Å². The fourth-order valence-electron chi connectivity index (χ4n) is 9.04. The molecule has 74 heavy (non-hydrogen) atoms. The highest BCUT2D eigenvalue weighted by molar-refractivity contribution is 7.47. The average Bonchev–Trinajstić information content (AvgIpc) is 3.39. The highest BCUT2D eigenvalue weighted by Crippen LogP contribution is 2.43. The molecule has 0 radical (unpaired) electrons. The number of rotatable bonds is 59. The van der Waals surface area contributed by atoms with E-state index in [4.69, 9.17) is 23.3 Å². The van der Waals surface area contributed by atoms with Gasteiger partial charge in [0.2, 0.25) is 0 Å². The summed E-state index contributed by atoms with van der Waals surface area (Å²) < 4.78 is 39.6. The largest absolute Gasteiger partial charge is 0.472 e. The van der Waals surface area contributed by atoms with Gasteiger partial charge < -0.3 is 24.2 Å². The van der Waals surface area contributed by atoms with Crippen molar-refractivity contribution >= 4 is 25.7 Å². The van der Waals surface area contributed by atoms with Gasteiger partial charge in [0.15, 0.2) is 6.10 Å². The summed E-state index contributed by atoms with van der Waals surface area (Å²) in [5.41, 5.74) is 0. The van der Waals surface area contributed by atoms with Crippen molar-refractivity contribution in [1.82, 2.24) is 0 Å². The molecule has 0 saturated heterocycles. The third-order valence-corrected chi connectivity index (χ3v) is 14.8. The van der Waals surface area contributed by atoms with E-state index in [0.29, 0.717) is 19.3 Å². The molecule has 0 spiro atoms. The number of hydrogen-bond donors (Lipinski definition) is 2. The lowest BCUT2D eigenvalue weighted by Crippen LogP contribution is -2.30. The summed E-state index contributed by atoms with van der Waals surface area (Å²) in [5.74, 6) is -1.45. The molecule has 0 aromatic rings. The Hall–Kier alpha value is -2.04. The van der Waals surface area contributed by atoms with Crippen LogP contribution in [0.25, 0.3) is 0 Å². The van der Waals surface area contributed by atoms with Crippen molar-refractivity contribution in [3.05, 3.63) is 24.3 Å². The van der Waals surface area contributed by atoms with Crippen LogP contribution in [0.5, 0.6) is 0 Å². The quantitative estimate of drug-likeness (QED) is 0.0197. The fourth-order valence-corrected chi connectivity index (χ4v) is 9.82. The zero-order chi connectivity index (χ0) is 54.1. The SMILES string of the molecule is CCCC/C=C\CCCCCCCC(=O)OC(CO)COP(=O)(O)OCC(COC(=O)CCCCCCCCCCC/C=C\CCCCCCCC)OC(=O)CCCCCCCCCCCCCCCCCCC. The Bertz CT molecular complexity index is 1340. The number of phosphoric acid groups is 1. The zero-order valence-corrected chi connectivity index (χ0v) is 49.2. The summed E-state index contributed by atoms with van der Waals surface area (Å²) in [5, 5.41) is 9.81. The molecule has 0 amide bonds. The summed E-state index contributed by atoms with van der Waals surface area (Å²) in [7, 11) is -4.74. The number of aliphatic hydroxyl groups excluding tert-OH is 1.